The molecule has 0 spiro atoms. The van der Waals surface area contributed by atoms with Crippen molar-refractivity contribution >= 4 is 34.4 Å². The number of hydrogen-bond acceptors (Lipinski definition) is 6. The van der Waals surface area contributed by atoms with Gasteiger partial charge in [-0.05, 0) is 24.3 Å². The highest BCUT2D eigenvalue weighted by Gasteiger charge is 2.20. The number of ether oxygens (including phenoxy) is 1. The van der Waals surface area contributed by atoms with Gasteiger partial charge < -0.3 is 20.2 Å². The lowest BCUT2D eigenvalue weighted by Crippen LogP contribution is -2.16. The van der Waals surface area contributed by atoms with E-state index >= 15 is 0 Å². The van der Waals surface area contributed by atoms with Crippen LogP contribution in [0, 0.1) is 0 Å². The molecule has 3 N–H and O–H groups in total. The summed E-state index contributed by atoms with van der Waals surface area (Å²) in [5, 5.41) is 3.39. The van der Waals surface area contributed by atoms with Crippen LogP contribution >= 0.6 is 0 Å². The van der Waals surface area contributed by atoms with Gasteiger partial charge in [-0.3, -0.25) is 9.59 Å². The average Bonchev–Trinajstić information content (AvgIpc) is 2.92. The molecule has 0 unspecified atom stereocenters. The van der Waals surface area contributed by atoms with Crippen molar-refractivity contribution < 1.29 is 18.7 Å². The molecule has 7 heteroatoms. The Morgan fingerprint density at radius 2 is 2.00 bits per heavy atom. The monoisotopic (exact) mass is 339 g/mol. The van der Waals surface area contributed by atoms with E-state index in [2.05, 4.69) is 10.3 Å². The second kappa shape index (κ2) is 7.04. The lowest BCUT2D eigenvalue weighted by Gasteiger charge is -2.06. The van der Waals surface area contributed by atoms with Gasteiger partial charge in [0.25, 0.3) is 0 Å². The van der Waals surface area contributed by atoms with Gasteiger partial charge >= 0.3 is 11.9 Å². The molecule has 128 valence electrons. The van der Waals surface area contributed by atoms with Crippen LogP contribution in [-0.2, 0) is 16.0 Å². The summed E-state index contributed by atoms with van der Waals surface area (Å²) in [7, 11) is 0. The summed E-state index contributed by atoms with van der Waals surface area (Å²) in [5.41, 5.74) is 7.00. The quantitative estimate of drug-likeness (QED) is 0.692. The number of rotatable bonds is 5. The van der Waals surface area contributed by atoms with Gasteiger partial charge in [-0.15, -0.1) is 0 Å². The maximum absolute atomic E-state index is 12.4. The molecule has 2 heterocycles. The summed E-state index contributed by atoms with van der Waals surface area (Å²) in [6, 6.07) is 12.2. The Morgan fingerprint density at radius 1 is 1.20 bits per heavy atom. The van der Waals surface area contributed by atoms with E-state index in [4.69, 9.17) is 14.9 Å². The van der Waals surface area contributed by atoms with Gasteiger partial charge in [0.2, 0.25) is 5.91 Å². The minimum atomic E-state index is -0.452. The van der Waals surface area contributed by atoms with Crippen molar-refractivity contribution in [1.82, 2.24) is 4.98 Å². The largest absolute Gasteiger partial charge is 0.424 e. The number of aromatic nitrogens is 1. The molecule has 0 bridgehead atoms. The van der Waals surface area contributed by atoms with Crippen molar-refractivity contribution in [3.8, 4) is 5.95 Å². The number of para-hydroxylation sites is 1. The van der Waals surface area contributed by atoms with Gasteiger partial charge in [-0.2, -0.15) is 0 Å². The third-order valence-electron chi connectivity index (χ3n) is 3.49. The van der Waals surface area contributed by atoms with Crippen LogP contribution in [0.15, 0.2) is 46.9 Å². The first-order valence-electron chi connectivity index (χ1n) is 7.80. The number of hydrogen-bond donors (Lipinski definition) is 2. The summed E-state index contributed by atoms with van der Waals surface area (Å²) in [5.74, 6) is -0.455. The van der Waals surface area contributed by atoms with Crippen LogP contribution in [-0.4, -0.2) is 16.9 Å². The minimum Gasteiger partial charge on any atom is -0.424 e. The number of nitrogens with one attached hydrogen (secondary N) is 1. The molecule has 0 aliphatic carbocycles. The third-order valence-corrected chi connectivity index (χ3v) is 3.49. The van der Waals surface area contributed by atoms with Gasteiger partial charge in [0, 0.05) is 11.8 Å². The molecule has 0 radical (unpaired) electrons. The lowest BCUT2D eigenvalue weighted by atomic mass is 10.2. The molecule has 2 aromatic heterocycles. The Kier molecular flexibility index (Phi) is 4.65. The van der Waals surface area contributed by atoms with E-state index in [1.54, 1.807) is 49.4 Å². The molecule has 0 saturated carbocycles. The topological polar surface area (TPSA) is 107 Å². The predicted octanol–water partition coefficient (Wildman–Crippen LogP) is 2.91. The van der Waals surface area contributed by atoms with Crippen LogP contribution in [0.4, 0.5) is 11.5 Å². The predicted molar refractivity (Wildman–Crippen MR) is 93.1 cm³/mol. The van der Waals surface area contributed by atoms with Crippen LogP contribution in [0.25, 0.3) is 11.0 Å². The number of carbonyl (C=O) groups excluding carboxylic acids is 2. The van der Waals surface area contributed by atoms with Crippen molar-refractivity contribution in [3.63, 3.8) is 0 Å². The zero-order chi connectivity index (χ0) is 17.8. The number of anilines is 2. The first-order valence-corrected chi connectivity index (χ1v) is 7.80. The van der Waals surface area contributed by atoms with Crippen LogP contribution in [0.3, 0.4) is 0 Å². The second-order valence-corrected chi connectivity index (χ2v) is 5.37. The van der Waals surface area contributed by atoms with E-state index in [1.165, 1.54) is 0 Å². The molecule has 7 nitrogen and oxygen atoms in total. The Hall–Kier alpha value is -3.35. The smallest absolute Gasteiger partial charge is 0.318 e. The van der Waals surface area contributed by atoms with Crippen LogP contribution < -0.4 is 15.8 Å². The normalized spacial score (nSPS) is 10.6. The van der Waals surface area contributed by atoms with Crippen LogP contribution in [0.2, 0.25) is 0 Å². The summed E-state index contributed by atoms with van der Waals surface area (Å²) < 4.78 is 10.7. The van der Waals surface area contributed by atoms with E-state index in [-0.39, 0.29) is 24.7 Å². The highest BCUT2D eigenvalue weighted by atomic mass is 16.6. The second-order valence-electron chi connectivity index (χ2n) is 5.37. The standard InChI is InChI=1S/C18H17N3O4/c1-2-16(23)25-18-17(12-7-3-4-8-13(12)24-18)21-15(22)10-11-6-5-9-14(19)20-11/h3-9H,2,10H2,1H3,(H2,19,20)(H,21,22). The van der Waals surface area contributed by atoms with Gasteiger partial charge in [-0.1, -0.05) is 25.1 Å². The Morgan fingerprint density at radius 3 is 2.76 bits per heavy atom. The minimum absolute atomic E-state index is 0.0260. The number of nitrogen functional groups attached to an aromatic ring is 1. The summed E-state index contributed by atoms with van der Waals surface area (Å²) >= 11 is 0. The van der Waals surface area contributed by atoms with Gasteiger partial charge in [-0.25, -0.2) is 4.98 Å². The van der Waals surface area contributed by atoms with Gasteiger partial charge in [0.1, 0.15) is 17.1 Å². The maximum atomic E-state index is 12.4. The Balaban J connectivity index is 1.87. The molecule has 25 heavy (non-hydrogen) atoms. The van der Waals surface area contributed by atoms with Crippen molar-refractivity contribution in [1.29, 1.82) is 0 Å². The number of furan rings is 1. The molecule has 0 fully saturated rings. The van der Waals surface area contributed by atoms with Crippen molar-refractivity contribution in [2.75, 3.05) is 11.1 Å². The fourth-order valence-electron chi connectivity index (χ4n) is 2.33. The van der Waals surface area contributed by atoms with E-state index in [9.17, 15) is 9.59 Å². The molecular weight excluding hydrogens is 322 g/mol. The summed E-state index contributed by atoms with van der Waals surface area (Å²) in [6.45, 7) is 1.68. The van der Waals surface area contributed by atoms with Gasteiger partial charge in [0.15, 0.2) is 0 Å². The number of nitrogens with zero attached hydrogens (tertiary/aromatic N) is 1. The van der Waals surface area contributed by atoms with Gasteiger partial charge in [0.05, 0.1) is 12.1 Å². The molecule has 0 saturated heterocycles. The molecule has 3 aromatic rings. The lowest BCUT2D eigenvalue weighted by molar-refractivity contribution is -0.135. The van der Waals surface area contributed by atoms with E-state index in [0.717, 1.165) is 0 Å². The third kappa shape index (κ3) is 3.77. The highest BCUT2D eigenvalue weighted by molar-refractivity contribution is 6.04. The fourth-order valence-corrected chi connectivity index (χ4v) is 2.33. The fraction of sp³-hybridized carbons (Fsp3) is 0.167. The molecule has 1 amide bonds. The number of pyridine rings is 1. The maximum Gasteiger partial charge on any atom is 0.318 e. The van der Waals surface area contributed by atoms with Crippen molar-refractivity contribution in [2.45, 2.75) is 19.8 Å². The number of amides is 1. The number of carbonyl (C=O) groups is 2. The molecule has 0 aliphatic heterocycles. The van der Waals surface area contributed by atoms with Crippen LogP contribution in [0.5, 0.6) is 5.95 Å². The van der Waals surface area contributed by atoms with Crippen molar-refractivity contribution in [3.05, 3.63) is 48.2 Å². The molecule has 3 rings (SSSR count). The van der Waals surface area contributed by atoms with E-state index < -0.39 is 5.97 Å². The zero-order valence-corrected chi connectivity index (χ0v) is 13.6. The number of esters is 1. The number of nitrogens with two attached hydrogens (primary N) is 1. The summed E-state index contributed by atoms with van der Waals surface area (Å²) in [4.78, 5) is 28.1. The molecule has 1 aromatic carbocycles. The van der Waals surface area contributed by atoms with E-state index in [1.807, 2.05) is 0 Å². The summed E-state index contributed by atoms with van der Waals surface area (Å²) in [6.07, 6.45) is 0.226. The molecule has 0 aliphatic rings. The zero-order valence-electron chi connectivity index (χ0n) is 13.6. The molecular formula is C18H17N3O4. The number of benzene rings is 1. The number of fused-ring (bicyclic) bond motifs is 1. The Bertz CT molecular complexity index is 933. The van der Waals surface area contributed by atoms with E-state index in [0.29, 0.717) is 28.2 Å². The van der Waals surface area contributed by atoms with Crippen molar-refractivity contribution in [2.24, 2.45) is 0 Å². The Labute approximate surface area is 143 Å². The van der Waals surface area contributed by atoms with Crippen LogP contribution in [0.1, 0.15) is 19.0 Å². The average molecular weight is 339 g/mol. The highest BCUT2D eigenvalue weighted by Crippen LogP contribution is 2.37. The first kappa shape index (κ1) is 16.5. The first-order chi connectivity index (χ1) is 12.1. The molecule has 0 atom stereocenters. The SMILES string of the molecule is CCC(=O)Oc1oc2ccccc2c1NC(=O)Cc1cccc(N)n1.